The number of β-amino-alcohol motifs (C(OH)–C–C–N with tert-alkyl or cyclic N) is 1. The number of carbonyl (C=O) groups excluding carboxylic acids is 3. The molecular formula is C29H38N2O5S. The Morgan fingerprint density at radius 3 is 2.68 bits per heavy atom. The van der Waals surface area contributed by atoms with E-state index in [0.29, 0.717) is 19.7 Å². The molecule has 3 heterocycles. The Labute approximate surface area is 223 Å². The summed E-state index contributed by atoms with van der Waals surface area (Å²) in [7, 11) is 0. The second-order valence-electron chi connectivity index (χ2n) is 10.3. The number of rotatable bonds is 13. The maximum Gasteiger partial charge on any atom is 0.310 e. The minimum atomic E-state index is -0.754. The number of hydrogen-bond acceptors (Lipinski definition) is 6. The highest BCUT2D eigenvalue weighted by atomic mass is 32.2. The summed E-state index contributed by atoms with van der Waals surface area (Å²) in [6, 6.07) is 8.98. The van der Waals surface area contributed by atoms with Gasteiger partial charge < -0.3 is 19.6 Å². The normalized spacial score (nSPS) is 29.7. The molecule has 7 nitrogen and oxygen atoms in total. The predicted octanol–water partition coefficient (Wildman–Crippen LogP) is 3.43. The van der Waals surface area contributed by atoms with Crippen LogP contribution in [-0.2, 0) is 25.7 Å². The molecule has 2 bridgehead atoms. The second kappa shape index (κ2) is 11.9. The molecule has 37 heavy (non-hydrogen) atoms. The van der Waals surface area contributed by atoms with Crippen LogP contribution in [0.25, 0.3) is 0 Å². The van der Waals surface area contributed by atoms with Crippen molar-refractivity contribution in [3.8, 4) is 0 Å². The van der Waals surface area contributed by atoms with Gasteiger partial charge in [-0.15, -0.1) is 24.9 Å². The molecule has 1 aromatic rings. The van der Waals surface area contributed by atoms with Crippen molar-refractivity contribution in [2.45, 2.75) is 55.2 Å². The van der Waals surface area contributed by atoms with Gasteiger partial charge in [-0.3, -0.25) is 14.4 Å². The molecule has 0 saturated carbocycles. The topological polar surface area (TPSA) is 87.1 Å². The molecule has 3 fully saturated rings. The van der Waals surface area contributed by atoms with Gasteiger partial charge in [-0.05, 0) is 37.2 Å². The van der Waals surface area contributed by atoms with Crippen LogP contribution in [0.3, 0.4) is 0 Å². The third-order valence-electron chi connectivity index (χ3n) is 8.02. The third-order valence-corrected chi connectivity index (χ3v) is 10.1. The third kappa shape index (κ3) is 4.98. The fourth-order valence-corrected chi connectivity index (χ4v) is 8.84. The monoisotopic (exact) mass is 526 g/mol. The van der Waals surface area contributed by atoms with Gasteiger partial charge in [0.05, 0.1) is 29.8 Å². The number of aliphatic hydroxyl groups is 1. The van der Waals surface area contributed by atoms with Gasteiger partial charge in [0, 0.05) is 24.9 Å². The Morgan fingerprint density at radius 2 is 2.00 bits per heavy atom. The molecule has 3 unspecified atom stereocenters. The molecule has 3 aliphatic heterocycles. The fraction of sp³-hybridized carbons (Fsp3) is 0.552. The van der Waals surface area contributed by atoms with Gasteiger partial charge in [-0.25, -0.2) is 0 Å². The molecule has 3 saturated heterocycles. The lowest BCUT2D eigenvalue weighted by Crippen LogP contribution is -2.57. The van der Waals surface area contributed by atoms with Gasteiger partial charge >= 0.3 is 5.97 Å². The van der Waals surface area contributed by atoms with Crippen LogP contribution < -0.4 is 0 Å². The summed E-state index contributed by atoms with van der Waals surface area (Å²) in [6.45, 7) is 10.5. The number of fused-ring (bicyclic) bond motifs is 1. The Bertz CT molecular complexity index is 1020. The molecule has 1 spiro atoms. The Hall–Kier alpha value is -2.58. The van der Waals surface area contributed by atoms with Crippen molar-refractivity contribution >= 4 is 29.5 Å². The average Bonchev–Trinajstić information content (AvgIpc) is 3.48. The maximum atomic E-state index is 14.3. The molecule has 4 rings (SSSR count). The van der Waals surface area contributed by atoms with Gasteiger partial charge in [0.1, 0.15) is 6.04 Å². The Balaban J connectivity index is 1.63. The number of unbranched alkanes of at least 4 members (excludes halogenated alkanes) is 2. The van der Waals surface area contributed by atoms with E-state index in [1.54, 1.807) is 22.7 Å². The van der Waals surface area contributed by atoms with E-state index in [-0.39, 0.29) is 42.1 Å². The fourth-order valence-electron chi connectivity index (χ4n) is 6.44. The number of allylic oxidation sites excluding steroid dienone is 1. The van der Waals surface area contributed by atoms with Gasteiger partial charge in [0.15, 0.2) is 0 Å². The predicted molar refractivity (Wildman–Crippen MR) is 145 cm³/mol. The van der Waals surface area contributed by atoms with Crippen LogP contribution in [0.4, 0.5) is 0 Å². The molecule has 1 N–H and O–H groups in total. The summed E-state index contributed by atoms with van der Waals surface area (Å²) >= 11 is 1.62. The molecule has 0 aliphatic carbocycles. The first-order valence-corrected chi connectivity index (χ1v) is 14.1. The number of thioether (sulfide) groups is 1. The van der Waals surface area contributed by atoms with E-state index in [4.69, 9.17) is 4.74 Å². The zero-order chi connectivity index (χ0) is 26.6. The zero-order valence-electron chi connectivity index (χ0n) is 21.6. The maximum absolute atomic E-state index is 14.3. The molecule has 0 radical (unpaired) electrons. The number of benzene rings is 1. The summed E-state index contributed by atoms with van der Waals surface area (Å²) in [4.78, 5) is 44.7. The molecule has 0 aromatic heterocycles. The highest BCUT2D eigenvalue weighted by Crippen LogP contribution is 2.68. The smallest absolute Gasteiger partial charge is 0.310 e. The number of carbonyl (C=O) groups is 3. The number of nitrogens with zero attached hydrogens (tertiary/aromatic N) is 2. The van der Waals surface area contributed by atoms with Crippen molar-refractivity contribution in [3.63, 3.8) is 0 Å². The number of amides is 2. The van der Waals surface area contributed by atoms with E-state index in [1.807, 2.05) is 36.4 Å². The van der Waals surface area contributed by atoms with Crippen LogP contribution in [-0.4, -0.2) is 75.0 Å². The van der Waals surface area contributed by atoms with Crippen LogP contribution in [0.15, 0.2) is 55.6 Å². The van der Waals surface area contributed by atoms with Crippen molar-refractivity contribution in [1.29, 1.82) is 0 Å². The van der Waals surface area contributed by atoms with Crippen LogP contribution in [0, 0.1) is 17.8 Å². The van der Waals surface area contributed by atoms with Crippen LogP contribution in [0.5, 0.6) is 0 Å². The summed E-state index contributed by atoms with van der Waals surface area (Å²) in [6.07, 6.45) is 6.79. The SMILES string of the molecule is C=CCCCCOC(=O)[C@@H]1[C@H]2C(=O)N(CCO)C(C(=O)N(CC=C)Cc3ccccc3)C23S[C@@H]1CC3C. The summed E-state index contributed by atoms with van der Waals surface area (Å²) in [5.41, 5.74) is 0.985. The lowest BCUT2D eigenvalue weighted by molar-refractivity contribution is -0.154. The highest BCUT2D eigenvalue weighted by Gasteiger charge is 2.76. The lowest BCUT2D eigenvalue weighted by Gasteiger charge is -2.40. The van der Waals surface area contributed by atoms with Crippen molar-refractivity contribution < 1.29 is 24.2 Å². The van der Waals surface area contributed by atoms with E-state index < -0.39 is 22.6 Å². The minimum Gasteiger partial charge on any atom is -0.465 e. The average molecular weight is 527 g/mol. The molecule has 1 aromatic carbocycles. The van der Waals surface area contributed by atoms with Gasteiger partial charge in [0.25, 0.3) is 0 Å². The van der Waals surface area contributed by atoms with Crippen molar-refractivity contribution in [2.75, 3.05) is 26.3 Å². The van der Waals surface area contributed by atoms with Gasteiger partial charge in [-0.2, -0.15) is 0 Å². The lowest BCUT2D eigenvalue weighted by atomic mass is 9.66. The van der Waals surface area contributed by atoms with E-state index in [0.717, 1.165) is 31.2 Å². The quantitative estimate of drug-likeness (QED) is 0.241. The van der Waals surface area contributed by atoms with Crippen LogP contribution in [0.2, 0.25) is 0 Å². The molecule has 2 amide bonds. The highest BCUT2D eigenvalue weighted by molar-refractivity contribution is 8.02. The Kier molecular flexibility index (Phi) is 8.80. The van der Waals surface area contributed by atoms with E-state index in [2.05, 4.69) is 20.1 Å². The summed E-state index contributed by atoms with van der Waals surface area (Å²) in [5, 5.41) is 9.78. The Morgan fingerprint density at radius 1 is 1.24 bits per heavy atom. The number of esters is 1. The zero-order valence-corrected chi connectivity index (χ0v) is 22.4. The van der Waals surface area contributed by atoms with E-state index in [1.165, 1.54) is 4.90 Å². The molecule has 8 heteroatoms. The summed E-state index contributed by atoms with van der Waals surface area (Å²) in [5.74, 6) is -1.86. The molecule has 3 aliphatic rings. The van der Waals surface area contributed by atoms with Gasteiger partial charge in [0.2, 0.25) is 11.8 Å². The summed E-state index contributed by atoms with van der Waals surface area (Å²) < 4.78 is 4.93. The van der Waals surface area contributed by atoms with Crippen molar-refractivity contribution in [1.82, 2.24) is 9.80 Å². The van der Waals surface area contributed by atoms with E-state index in [9.17, 15) is 19.5 Å². The van der Waals surface area contributed by atoms with Crippen molar-refractivity contribution in [3.05, 3.63) is 61.2 Å². The second-order valence-corrected chi connectivity index (χ2v) is 11.8. The molecule has 6 atom stereocenters. The van der Waals surface area contributed by atoms with Gasteiger partial charge in [-0.1, -0.05) is 49.4 Å². The number of likely N-dealkylation sites (tertiary alicyclic amines) is 1. The van der Waals surface area contributed by atoms with Crippen LogP contribution in [0.1, 0.15) is 38.2 Å². The number of ether oxygens (including phenoxy) is 1. The minimum absolute atomic E-state index is 0.0572. The first kappa shape index (κ1) is 27.5. The van der Waals surface area contributed by atoms with Crippen molar-refractivity contribution in [2.24, 2.45) is 17.8 Å². The van der Waals surface area contributed by atoms with Crippen LogP contribution >= 0.6 is 11.8 Å². The first-order valence-electron chi connectivity index (χ1n) is 13.2. The number of aliphatic hydroxyl groups excluding tert-OH is 1. The number of hydrogen-bond donors (Lipinski definition) is 1. The first-order chi connectivity index (χ1) is 17.9. The van der Waals surface area contributed by atoms with E-state index >= 15 is 0 Å². The molecule has 200 valence electrons. The molecular weight excluding hydrogens is 488 g/mol. The standard InChI is InChI=1S/C29H38N2O5S/c1-4-6-7-11-17-36-28(35)23-22-18-20(3)29(37-22)24(23)26(33)31(15-16-32)25(29)27(34)30(14-5-2)19-21-12-9-8-10-13-21/h4-5,8-10,12-13,20,22-25,32H,1-2,6-7,11,14-19H2,3H3/t20?,22-,23+,24+,25?,29?/m1/s1. The largest absolute Gasteiger partial charge is 0.465 e.